The molecule has 2 rings (SSSR count). The second kappa shape index (κ2) is 16.7. The summed E-state index contributed by atoms with van der Waals surface area (Å²) >= 11 is 0. The third-order valence-electron chi connectivity index (χ3n) is 6.47. The average molecular weight is 552 g/mol. The van der Waals surface area contributed by atoms with Crippen molar-refractivity contribution in [3.8, 4) is 0 Å². The molecule has 0 aliphatic rings. The highest BCUT2D eigenvalue weighted by Gasteiger charge is 2.36. The molecule has 220 valence electrons. The predicted octanol–water partition coefficient (Wildman–Crippen LogP) is 6.78. The van der Waals surface area contributed by atoms with Crippen LogP contribution in [0.5, 0.6) is 0 Å². The molecule has 2 aromatic rings. The van der Waals surface area contributed by atoms with Gasteiger partial charge in [-0.25, -0.2) is 4.79 Å². The Labute approximate surface area is 241 Å². The number of nitrogens with one attached hydrogen (secondary N) is 2. The number of benzene rings is 2. The fourth-order valence-corrected chi connectivity index (χ4v) is 4.59. The first-order chi connectivity index (χ1) is 19.0. The van der Waals surface area contributed by atoms with E-state index in [9.17, 15) is 14.4 Å². The first-order valence-electron chi connectivity index (χ1n) is 14.7. The van der Waals surface area contributed by atoms with Crippen LogP contribution in [-0.4, -0.2) is 41.0 Å². The van der Waals surface area contributed by atoms with Crippen molar-refractivity contribution in [3.05, 3.63) is 71.8 Å². The van der Waals surface area contributed by atoms with Gasteiger partial charge in [-0.05, 0) is 50.7 Å². The first kappa shape index (κ1) is 32.9. The van der Waals surface area contributed by atoms with Gasteiger partial charge in [-0.3, -0.25) is 9.59 Å². The minimum absolute atomic E-state index is 0.136. The van der Waals surface area contributed by atoms with Gasteiger partial charge in [-0.1, -0.05) is 107 Å². The number of carbonyl (C=O) groups is 3. The molecule has 0 radical (unpaired) electrons. The lowest BCUT2D eigenvalue weighted by molar-refractivity contribution is -0.143. The van der Waals surface area contributed by atoms with Crippen molar-refractivity contribution in [1.29, 1.82) is 0 Å². The second-order valence-corrected chi connectivity index (χ2v) is 11.8. The smallest absolute Gasteiger partial charge is 0.408 e. The van der Waals surface area contributed by atoms with Crippen molar-refractivity contribution in [2.45, 2.75) is 104 Å². The lowest BCUT2D eigenvalue weighted by Gasteiger charge is -2.35. The molecule has 0 saturated carbocycles. The zero-order valence-corrected chi connectivity index (χ0v) is 25.2. The van der Waals surface area contributed by atoms with Crippen LogP contribution in [0.4, 0.5) is 4.79 Å². The van der Waals surface area contributed by atoms with E-state index in [1.807, 2.05) is 74.5 Å². The highest BCUT2D eigenvalue weighted by molar-refractivity contribution is 5.92. The summed E-state index contributed by atoms with van der Waals surface area (Å²) in [6.45, 7) is 12.3. The normalized spacial score (nSPS) is 12.9. The van der Waals surface area contributed by atoms with E-state index in [-0.39, 0.29) is 17.7 Å². The van der Waals surface area contributed by atoms with Crippen molar-refractivity contribution < 1.29 is 19.1 Å². The highest BCUT2D eigenvalue weighted by atomic mass is 16.6. The molecule has 2 aromatic carbocycles. The Morgan fingerprint density at radius 3 is 2.05 bits per heavy atom. The summed E-state index contributed by atoms with van der Waals surface area (Å²) in [5.41, 5.74) is 1.01. The Morgan fingerprint density at radius 1 is 0.875 bits per heavy atom. The molecule has 40 heavy (non-hydrogen) atoms. The summed E-state index contributed by atoms with van der Waals surface area (Å²) in [6, 6.07) is 17.5. The standard InChI is InChI=1S/C33H49N3O4/c1-7-8-9-10-17-22-36(31(38)28(23-25(2)3)35-32(39)40-33(4,5)6)29(27-20-15-12-16-21-27)30(37)34-24-26-18-13-11-14-19-26/h11-16,18-21,25,28-29H,7-10,17,22-24H2,1-6H3,(H,34,37)(H,35,39). The first-order valence-corrected chi connectivity index (χ1v) is 14.7. The zero-order chi connectivity index (χ0) is 29.5. The maximum atomic E-state index is 14.3. The number of hydrogen-bond donors (Lipinski definition) is 2. The van der Waals surface area contributed by atoms with Gasteiger partial charge < -0.3 is 20.3 Å². The van der Waals surface area contributed by atoms with E-state index in [1.165, 1.54) is 0 Å². The number of carbonyl (C=O) groups excluding carboxylic acids is 3. The molecule has 7 nitrogen and oxygen atoms in total. The van der Waals surface area contributed by atoms with Crippen LogP contribution in [0.25, 0.3) is 0 Å². The summed E-state index contributed by atoms with van der Waals surface area (Å²) in [6.07, 6.45) is 4.83. The van der Waals surface area contributed by atoms with Crippen LogP contribution in [0.1, 0.15) is 97.2 Å². The number of amides is 3. The molecule has 2 atom stereocenters. The van der Waals surface area contributed by atoms with Crippen molar-refractivity contribution >= 4 is 17.9 Å². The minimum atomic E-state index is -0.835. The third kappa shape index (κ3) is 11.8. The van der Waals surface area contributed by atoms with Gasteiger partial charge in [0.1, 0.15) is 17.7 Å². The highest BCUT2D eigenvalue weighted by Crippen LogP contribution is 2.25. The molecule has 7 heteroatoms. The summed E-state index contributed by atoms with van der Waals surface area (Å²) in [5.74, 6) is -0.395. The summed E-state index contributed by atoms with van der Waals surface area (Å²) < 4.78 is 5.49. The molecule has 0 heterocycles. The van der Waals surface area contributed by atoms with Crippen LogP contribution in [0, 0.1) is 5.92 Å². The van der Waals surface area contributed by atoms with E-state index in [1.54, 1.807) is 25.7 Å². The number of hydrogen-bond acceptors (Lipinski definition) is 4. The predicted molar refractivity (Wildman–Crippen MR) is 161 cm³/mol. The van der Waals surface area contributed by atoms with Gasteiger partial charge in [0, 0.05) is 13.1 Å². The van der Waals surface area contributed by atoms with Crippen molar-refractivity contribution in [2.75, 3.05) is 6.54 Å². The maximum absolute atomic E-state index is 14.3. The van der Waals surface area contributed by atoms with E-state index in [2.05, 4.69) is 17.6 Å². The van der Waals surface area contributed by atoms with Gasteiger partial charge in [-0.15, -0.1) is 0 Å². The maximum Gasteiger partial charge on any atom is 0.408 e. The van der Waals surface area contributed by atoms with E-state index in [0.717, 1.165) is 43.2 Å². The fourth-order valence-electron chi connectivity index (χ4n) is 4.59. The summed E-state index contributed by atoms with van der Waals surface area (Å²) in [5, 5.41) is 5.87. The Morgan fingerprint density at radius 2 is 1.48 bits per heavy atom. The zero-order valence-electron chi connectivity index (χ0n) is 25.2. The molecule has 2 unspecified atom stereocenters. The lowest BCUT2D eigenvalue weighted by atomic mass is 9.98. The van der Waals surface area contributed by atoms with Gasteiger partial charge >= 0.3 is 6.09 Å². The van der Waals surface area contributed by atoms with Crippen molar-refractivity contribution in [1.82, 2.24) is 15.5 Å². The van der Waals surface area contributed by atoms with E-state index in [0.29, 0.717) is 19.5 Å². The van der Waals surface area contributed by atoms with Crippen LogP contribution < -0.4 is 10.6 Å². The molecule has 0 aliphatic heterocycles. The number of ether oxygens (including phenoxy) is 1. The molecule has 0 saturated heterocycles. The van der Waals surface area contributed by atoms with Gasteiger partial charge in [0.15, 0.2) is 0 Å². The molecule has 0 spiro atoms. The summed E-state index contributed by atoms with van der Waals surface area (Å²) in [4.78, 5) is 42.5. The molecule has 0 bridgehead atoms. The van der Waals surface area contributed by atoms with Crippen LogP contribution in [0.15, 0.2) is 60.7 Å². The largest absolute Gasteiger partial charge is 0.444 e. The van der Waals surface area contributed by atoms with E-state index >= 15 is 0 Å². The third-order valence-corrected chi connectivity index (χ3v) is 6.47. The quantitative estimate of drug-likeness (QED) is 0.239. The molecule has 0 aromatic heterocycles. The van der Waals surface area contributed by atoms with Crippen molar-refractivity contribution in [3.63, 3.8) is 0 Å². The van der Waals surface area contributed by atoms with E-state index < -0.39 is 23.8 Å². The molecule has 2 N–H and O–H groups in total. The number of alkyl carbamates (subject to hydrolysis) is 1. The van der Waals surface area contributed by atoms with Crippen LogP contribution in [0.3, 0.4) is 0 Å². The lowest BCUT2D eigenvalue weighted by Crippen LogP contribution is -2.53. The van der Waals surface area contributed by atoms with Gasteiger partial charge in [0.2, 0.25) is 11.8 Å². The molecule has 0 aliphatic carbocycles. The van der Waals surface area contributed by atoms with Crippen LogP contribution >= 0.6 is 0 Å². The number of unbranched alkanes of at least 4 members (excludes halogenated alkanes) is 4. The molecular formula is C33H49N3O4. The van der Waals surface area contributed by atoms with Gasteiger partial charge in [0.05, 0.1) is 0 Å². The van der Waals surface area contributed by atoms with Crippen LogP contribution in [0.2, 0.25) is 0 Å². The van der Waals surface area contributed by atoms with Crippen LogP contribution in [-0.2, 0) is 20.9 Å². The molecule has 0 fully saturated rings. The summed E-state index contributed by atoms with van der Waals surface area (Å²) in [7, 11) is 0. The van der Waals surface area contributed by atoms with E-state index in [4.69, 9.17) is 4.74 Å². The Bertz CT molecular complexity index is 1030. The van der Waals surface area contributed by atoms with Crippen molar-refractivity contribution in [2.24, 2.45) is 5.92 Å². The number of rotatable bonds is 15. The van der Waals surface area contributed by atoms with Gasteiger partial charge in [-0.2, -0.15) is 0 Å². The Balaban J connectivity index is 2.41. The monoisotopic (exact) mass is 551 g/mol. The molecule has 3 amide bonds. The average Bonchev–Trinajstić information content (AvgIpc) is 2.90. The fraction of sp³-hybridized carbons (Fsp3) is 0.545. The number of nitrogens with zero attached hydrogens (tertiary/aromatic N) is 1. The molecular weight excluding hydrogens is 502 g/mol. The minimum Gasteiger partial charge on any atom is -0.444 e. The van der Waals surface area contributed by atoms with Gasteiger partial charge in [0.25, 0.3) is 0 Å². The Kier molecular flexibility index (Phi) is 13.7. The Hall–Kier alpha value is -3.35. The second-order valence-electron chi connectivity index (χ2n) is 11.8. The SMILES string of the molecule is CCCCCCCN(C(=O)C(CC(C)C)NC(=O)OC(C)(C)C)C(C(=O)NCc1ccccc1)c1ccccc1. The topological polar surface area (TPSA) is 87.7 Å².